The molecule has 164 valence electrons. The van der Waals surface area contributed by atoms with Gasteiger partial charge in [0.05, 0.1) is 11.9 Å². The summed E-state index contributed by atoms with van der Waals surface area (Å²) < 4.78 is 5.04. The number of hydrogen-bond acceptors (Lipinski definition) is 7. The van der Waals surface area contributed by atoms with Crippen molar-refractivity contribution in [1.29, 1.82) is 0 Å². The summed E-state index contributed by atoms with van der Waals surface area (Å²) in [5.41, 5.74) is 2.84. The lowest BCUT2D eigenvalue weighted by atomic mass is 10.1. The lowest BCUT2D eigenvalue weighted by Gasteiger charge is -2.20. The van der Waals surface area contributed by atoms with E-state index < -0.39 is 0 Å². The number of nitrogens with zero attached hydrogens (tertiary/aromatic N) is 4. The number of aromatic nitrogens is 3. The summed E-state index contributed by atoms with van der Waals surface area (Å²) in [6.07, 6.45) is 2.50. The molecule has 4 aromatic rings. The highest BCUT2D eigenvalue weighted by Crippen LogP contribution is 2.39. The van der Waals surface area contributed by atoms with E-state index in [0.29, 0.717) is 30.5 Å². The molecule has 0 atom stereocenters. The fourth-order valence-corrected chi connectivity index (χ4v) is 4.37. The highest BCUT2D eigenvalue weighted by Gasteiger charge is 2.20. The quantitative estimate of drug-likeness (QED) is 0.391. The van der Waals surface area contributed by atoms with Crippen LogP contribution in [0.15, 0.2) is 60.1 Å². The first-order chi connectivity index (χ1) is 15.7. The van der Waals surface area contributed by atoms with Crippen molar-refractivity contribution in [2.75, 3.05) is 38.8 Å². The topological polar surface area (TPSA) is 80.2 Å². The minimum Gasteiger partial charge on any atom is -0.385 e. The maximum Gasteiger partial charge on any atom is 0.239 e. The van der Waals surface area contributed by atoms with E-state index in [4.69, 9.17) is 14.7 Å². The molecule has 0 radical (unpaired) electrons. The number of carbonyl (C=O) groups excluding carboxylic acids is 1. The number of anilines is 1. The number of methoxy groups -OCH3 is 1. The molecule has 0 aliphatic rings. The molecule has 0 aliphatic heterocycles. The second-order valence-corrected chi connectivity index (χ2v) is 8.19. The van der Waals surface area contributed by atoms with Crippen LogP contribution < -0.4 is 10.2 Å². The number of nitrogens with one attached hydrogen (secondary N) is 1. The lowest BCUT2D eigenvalue weighted by molar-refractivity contribution is -0.119. The van der Waals surface area contributed by atoms with Crippen molar-refractivity contribution < 1.29 is 9.53 Å². The predicted octanol–water partition coefficient (Wildman–Crippen LogP) is 4.01. The largest absolute Gasteiger partial charge is 0.385 e. The molecule has 32 heavy (non-hydrogen) atoms. The summed E-state index contributed by atoms with van der Waals surface area (Å²) in [4.78, 5) is 29.3. The Bertz CT molecular complexity index is 1180. The van der Waals surface area contributed by atoms with Crippen LogP contribution in [0.2, 0.25) is 0 Å². The van der Waals surface area contributed by atoms with Crippen LogP contribution in [0.25, 0.3) is 32.9 Å². The Morgan fingerprint density at radius 1 is 1.12 bits per heavy atom. The van der Waals surface area contributed by atoms with Gasteiger partial charge in [0.25, 0.3) is 0 Å². The molecule has 7 nitrogen and oxygen atoms in total. The first kappa shape index (κ1) is 21.9. The fraction of sp³-hybridized carbons (Fsp3) is 0.250. The van der Waals surface area contributed by atoms with Crippen molar-refractivity contribution in [1.82, 2.24) is 20.3 Å². The van der Waals surface area contributed by atoms with Crippen LogP contribution in [0.3, 0.4) is 0 Å². The number of likely N-dealkylation sites (N-methyl/N-ethyl adjacent to an activating group) is 1. The zero-order chi connectivity index (χ0) is 22.3. The number of carbonyl (C=O) groups is 1. The summed E-state index contributed by atoms with van der Waals surface area (Å²) in [5, 5.41) is 5.98. The van der Waals surface area contributed by atoms with E-state index in [1.54, 1.807) is 24.6 Å². The Labute approximate surface area is 191 Å². The predicted molar refractivity (Wildman–Crippen MR) is 129 cm³/mol. The molecular weight excluding hydrogens is 422 g/mol. The van der Waals surface area contributed by atoms with Gasteiger partial charge in [-0.15, -0.1) is 11.3 Å². The fourth-order valence-electron chi connectivity index (χ4n) is 3.43. The van der Waals surface area contributed by atoms with Gasteiger partial charge in [0.15, 0.2) is 5.82 Å². The number of rotatable bonds is 9. The van der Waals surface area contributed by atoms with Gasteiger partial charge in [-0.25, -0.2) is 9.97 Å². The van der Waals surface area contributed by atoms with Crippen LogP contribution in [0.4, 0.5) is 5.82 Å². The molecule has 1 aromatic carbocycles. The van der Waals surface area contributed by atoms with Gasteiger partial charge < -0.3 is 15.0 Å². The van der Waals surface area contributed by atoms with Crippen LogP contribution >= 0.6 is 11.3 Å². The van der Waals surface area contributed by atoms with Crippen molar-refractivity contribution in [3.8, 4) is 22.6 Å². The maximum atomic E-state index is 12.5. The van der Waals surface area contributed by atoms with E-state index in [9.17, 15) is 4.79 Å². The van der Waals surface area contributed by atoms with Gasteiger partial charge in [-0.05, 0) is 24.1 Å². The minimum atomic E-state index is -0.0637. The molecule has 8 heteroatoms. The summed E-state index contributed by atoms with van der Waals surface area (Å²) >= 11 is 1.57. The third kappa shape index (κ3) is 4.92. The number of hydrogen-bond donors (Lipinski definition) is 1. The van der Waals surface area contributed by atoms with Crippen molar-refractivity contribution in [2.24, 2.45) is 0 Å². The first-order valence-electron chi connectivity index (χ1n) is 10.4. The Morgan fingerprint density at radius 3 is 2.69 bits per heavy atom. The molecule has 3 heterocycles. The van der Waals surface area contributed by atoms with Crippen molar-refractivity contribution in [3.63, 3.8) is 0 Å². The zero-order valence-corrected chi connectivity index (χ0v) is 18.9. The Kier molecular flexibility index (Phi) is 7.03. The van der Waals surface area contributed by atoms with E-state index in [1.165, 1.54) is 0 Å². The van der Waals surface area contributed by atoms with Gasteiger partial charge >= 0.3 is 0 Å². The molecule has 4 rings (SSSR count). The van der Waals surface area contributed by atoms with Gasteiger partial charge in [0.2, 0.25) is 5.91 Å². The van der Waals surface area contributed by atoms with Gasteiger partial charge in [-0.1, -0.05) is 36.4 Å². The van der Waals surface area contributed by atoms with E-state index in [2.05, 4.69) is 27.8 Å². The Morgan fingerprint density at radius 2 is 1.94 bits per heavy atom. The third-order valence-corrected chi connectivity index (χ3v) is 5.86. The molecular formula is C24H25N5O2S. The molecule has 3 aromatic heterocycles. The first-order valence-corrected chi connectivity index (χ1v) is 11.3. The van der Waals surface area contributed by atoms with Crippen LogP contribution in [0.5, 0.6) is 0 Å². The number of thiophene rings is 1. The smallest absolute Gasteiger partial charge is 0.239 e. The molecule has 0 unspecified atom stereocenters. The van der Waals surface area contributed by atoms with Gasteiger partial charge in [0, 0.05) is 44.4 Å². The summed E-state index contributed by atoms with van der Waals surface area (Å²) in [5.74, 6) is 1.19. The maximum absolute atomic E-state index is 12.5. The van der Waals surface area contributed by atoms with Crippen molar-refractivity contribution >= 4 is 33.3 Å². The summed E-state index contributed by atoms with van der Waals surface area (Å²) in [6, 6.07) is 15.8. The number of pyridine rings is 1. The molecule has 0 spiro atoms. The average Bonchev–Trinajstić information content (AvgIpc) is 3.26. The van der Waals surface area contributed by atoms with Crippen LogP contribution in [0.1, 0.15) is 6.42 Å². The highest BCUT2D eigenvalue weighted by molar-refractivity contribution is 7.17. The number of amides is 1. The van der Waals surface area contributed by atoms with Crippen LogP contribution in [-0.2, 0) is 9.53 Å². The normalized spacial score (nSPS) is 10.9. The molecule has 0 saturated heterocycles. The molecule has 0 fully saturated rings. The molecule has 0 bridgehead atoms. The standard InChI is InChI=1S/C24H25N5O2S/c1-29(15-20(30)26-13-8-14-31-2)23-21-18(17-9-4-3-5-10-17)16-32-24(21)28-22(27-23)19-11-6-7-12-25-19/h3-7,9-12,16H,8,13-15H2,1-2H3,(H,26,30). The van der Waals surface area contributed by atoms with Gasteiger partial charge in [0.1, 0.15) is 16.3 Å². The van der Waals surface area contributed by atoms with Crippen molar-refractivity contribution in [3.05, 3.63) is 60.1 Å². The Balaban J connectivity index is 1.72. The number of benzene rings is 1. The lowest BCUT2D eigenvalue weighted by Crippen LogP contribution is -2.36. The number of fused-ring (bicyclic) bond motifs is 1. The van der Waals surface area contributed by atoms with Crippen molar-refractivity contribution in [2.45, 2.75) is 6.42 Å². The average molecular weight is 448 g/mol. The summed E-state index contributed by atoms with van der Waals surface area (Å²) in [7, 11) is 3.53. The summed E-state index contributed by atoms with van der Waals surface area (Å²) in [6.45, 7) is 1.38. The molecule has 1 N–H and O–H groups in total. The van der Waals surface area contributed by atoms with Crippen LogP contribution in [0, 0.1) is 0 Å². The van der Waals surface area contributed by atoms with E-state index in [0.717, 1.165) is 27.8 Å². The zero-order valence-electron chi connectivity index (χ0n) is 18.1. The van der Waals surface area contributed by atoms with Gasteiger partial charge in [-0.2, -0.15) is 0 Å². The van der Waals surface area contributed by atoms with E-state index in [1.807, 2.05) is 48.3 Å². The molecule has 1 amide bonds. The van der Waals surface area contributed by atoms with Gasteiger partial charge in [-0.3, -0.25) is 9.78 Å². The van der Waals surface area contributed by atoms with Crippen LogP contribution in [-0.4, -0.2) is 54.7 Å². The second kappa shape index (κ2) is 10.3. The van der Waals surface area contributed by atoms with E-state index in [-0.39, 0.29) is 12.5 Å². The molecule has 0 saturated carbocycles. The number of ether oxygens (including phenoxy) is 1. The second-order valence-electron chi connectivity index (χ2n) is 7.33. The Hall–Kier alpha value is -3.36. The molecule has 0 aliphatic carbocycles. The monoisotopic (exact) mass is 447 g/mol. The minimum absolute atomic E-state index is 0.0637. The SMILES string of the molecule is COCCCNC(=O)CN(C)c1nc(-c2ccccn2)nc2scc(-c3ccccc3)c12. The third-order valence-electron chi connectivity index (χ3n) is 4.98. The highest BCUT2D eigenvalue weighted by atomic mass is 32.1. The van der Waals surface area contributed by atoms with E-state index >= 15 is 0 Å².